The summed E-state index contributed by atoms with van der Waals surface area (Å²) in [5.41, 5.74) is 1.55. The third-order valence-corrected chi connectivity index (χ3v) is 5.28. The molecule has 1 atom stereocenters. The van der Waals surface area contributed by atoms with Gasteiger partial charge in [0, 0.05) is 11.6 Å². The number of anilines is 1. The van der Waals surface area contributed by atoms with Gasteiger partial charge in [-0.25, -0.2) is 0 Å². The molecule has 0 fully saturated rings. The molecule has 146 valence electrons. The van der Waals surface area contributed by atoms with E-state index in [1.807, 2.05) is 23.6 Å². The van der Waals surface area contributed by atoms with Gasteiger partial charge in [-0.3, -0.25) is 14.7 Å². The number of benzene rings is 1. The van der Waals surface area contributed by atoms with Gasteiger partial charge in [-0.2, -0.15) is 0 Å². The number of rotatable bonds is 9. The third kappa shape index (κ3) is 5.31. The lowest BCUT2D eigenvalue weighted by molar-refractivity contribution is -0.113. The number of nitrogens with one attached hydrogen (secondary N) is 1. The molecule has 2 heterocycles. The highest BCUT2D eigenvalue weighted by Crippen LogP contribution is 2.26. The molecule has 0 spiro atoms. The van der Waals surface area contributed by atoms with Crippen LogP contribution in [0.5, 0.6) is 5.75 Å². The zero-order valence-corrected chi connectivity index (χ0v) is 17.3. The van der Waals surface area contributed by atoms with E-state index >= 15 is 0 Å². The standard InChI is InChI=1S/C17H17ClN6O2S2/c1-3-7-24-15(11(2)26-13-6-4-5-12(18)8-13)21-23-17(24)27-9-14(25)20-16-22-19-10-28-16/h3-6,8,10-11H,1,7,9H2,2H3,(H,20,22,25). The van der Waals surface area contributed by atoms with Crippen LogP contribution in [0.1, 0.15) is 18.9 Å². The molecule has 0 aliphatic heterocycles. The SMILES string of the molecule is C=CCn1c(SCC(=O)Nc2nncs2)nnc1C(C)Oc1cccc(Cl)c1. The molecule has 1 aromatic carbocycles. The molecule has 0 saturated carbocycles. The first-order valence-electron chi connectivity index (χ1n) is 8.22. The average molecular weight is 437 g/mol. The molecule has 3 aromatic rings. The van der Waals surface area contributed by atoms with Crippen molar-refractivity contribution in [3.8, 4) is 5.75 Å². The van der Waals surface area contributed by atoms with Gasteiger partial charge in [0.2, 0.25) is 11.0 Å². The predicted molar refractivity (Wildman–Crippen MR) is 110 cm³/mol. The molecule has 0 saturated heterocycles. The molecule has 1 N–H and O–H groups in total. The predicted octanol–water partition coefficient (Wildman–Crippen LogP) is 3.84. The van der Waals surface area contributed by atoms with Crippen molar-refractivity contribution in [2.75, 3.05) is 11.1 Å². The minimum absolute atomic E-state index is 0.165. The zero-order valence-electron chi connectivity index (χ0n) is 14.9. The highest BCUT2D eigenvalue weighted by atomic mass is 35.5. The molecular formula is C17H17ClN6O2S2. The number of halogens is 1. The van der Waals surface area contributed by atoms with Crippen molar-refractivity contribution >= 4 is 45.7 Å². The fourth-order valence-corrected chi connectivity index (χ4v) is 3.71. The Labute approximate surface area is 175 Å². The van der Waals surface area contributed by atoms with E-state index < -0.39 is 0 Å². The maximum Gasteiger partial charge on any atom is 0.236 e. The van der Waals surface area contributed by atoms with Gasteiger partial charge in [-0.1, -0.05) is 46.8 Å². The number of aromatic nitrogens is 5. The third-order valence-electron chi connectivity index (χ3n) is 3.47. The second kappa shape index (κ2) is 9.67. The van der Waals surface area contributed by atoms with Crippen LogP contribution in [-0.2, 0) is 11.3 Å². The first-order valence-corrected chi connectivity index (χ1v) is 10.5. The van der Waals surface area contributed by atoms with Crippen LogP contribution in [0.15, 0.2) is 47.6 Å². The Balaban J connectivity index is 1.68. The molecule has 0 aliphatic carbocycles. The molecule has 0 aliphatic rings. The number of carbonyl (C=O) groups excluding carboxylic acids is 1. The van der Waals surface area contributed by atoms with Crippen molar-refractivity contribution in [2.24, 2.45) is 0 Å². The summed E-state index contributed by atoms with van der Waals surface area (Å²) in [6, 6.07) is 7.15. The summed E-state index contributed by atoms with van der Waals surface area (Å²) in [5, 5.41) is 20.2. The summed E-state index contributed by atoms with van der Waals surface area (Å²) in [5.74, 6) is 1.24. The van der Waals surface area contributed by atoms with E-state index in [0.717, 1.165) is 0 Å². The number of nitrogens with zero attached hydrogens (tertiary/aromatic N) is 5. The number of hydrogen-bond acceptors (Lipinski definition) is 8. The van der Waals surface area contributed by atoms with Crippen LogP contribution in [0, 0.1) is 0 Å². The first kappa shape index (κ1) is 20.3. The number of allylic oxidation sites excluding steroid dienone is 1. The minimum Gasteiger partial charge on any atom is -0.483 e. The van der Waals surface area contributed by atoms with Crippen molar-refractivity contribution in [3.05, 3.63) is 53.3 Å². The Kier molecular flexibility index (Phi) is 7.01. The van der Waals surface area contributed by atoms with E-state index in [9.17, 15) is 4.79 Å². The molecule has 0 bridgehead atoms. The number of amides is 1. The van der Waals surface area contributed by atoms with Crippen molar-refractivity contribution in [1.82, 2.24) is 25.0 Å². The van der Waals surface area contributed by atoms with E-state index in [4.69, 9.17) is 16.3 Å². The minimum atomic E-state index is -0.365. The summed E-state index contributed by atoms with van der Waals surface area (Å²) in [7, 11) is 0. The molecule has 0 radical (unpaired) electrons. The monoisotopic (exact) mass is 436 g/mol. The van der Waals surface area contributed by atoms with Crippen LogP contribution in [0.4, 0.5) is 5.13 Å². The van der Waals surface area contributed by atoms with Crippen LogP contribution in [-0.4, -0.2) is 36.6 Å². The quantitative estimate of drug-likeness (QED) is 0.402. The largest absolute Gasteiger partial charge is 0.483 e. The van der Waals surface area contributed by atoms with Crippen LogP contribution in [0.3, 0.4) is 0 Å². The van der Waals surface area contributed by atoms with Gasteiger partial charge in [0.1, 0.15) is 11.3 Å². The van der Waals surface area contributed by atoms with E-state index in [2.05, 4.69) is 32.3 Å². The van der Waals surface area contributed by atoms with Gasteiger partial charge in [0.05, 0.1) is 5.75 Å². The maximum atomic E-state index is 12.1. The van der Waals surface area contributed by atoms with Crippen LogP contribution < -0.4 is 10.1 Å². The van der Waals surface area contributed by atoms with Crippen LogP contribution in [0.2, 0.25) is 5.02 Å². The molecule has 28 heavy (non-hydrogen) atoms. The van der Waals surface area contributed by atoms with Gasteiger partial charge in [0.25, 0.3) is 0 Å². The summed E-state index contributed by atoms with van der Waals surface area (Å²) in [6.07, 6.45) is 1.38. The van der Waals surface area contributed by atoms with E-state index in [1.165, 1.54) is 23.1 Å². The number of carbonyl (C=O) groups is 1. The smallest absolute Gasteiger partial charge is 0.236 e. The topological polar surface area (TPSA) is 94.8 Å². The Morgan fingerprint density at radius 1 is 1.46 bits per heavy atom. The Morgan fingerprint density at radius 3 is 3.04 bits per heavy atom. The van der Waals surface area contributed by atoms with Gasteiger partial charge in [0.15, 0.2) is 17.1 Å². The van der Waals surface area contributed by atoms with E-state index in [-0.39, 0.29) is 17.8 Å². The number of ether oxygens (including phenoxy) is 1. The Morgan fingerprint density at radius 2 is 2.32 bits per heavy atom. The van der Waals surface area contributed by atoms with Crippen molar-refractivity contribution in [1.29, 1.82) is 0 Å². The average Bonchev–Trinajstić information content (AvgIpc) is 3.30. The van der Waals surface area contributed by atoms with Crippen LogP contribution in [0.25, 0.3) is 0 Å². The molecular weight excluding hydrogens is 420 g/mol. The van der Waals surface area contributed by atoms with E-state index in [0.29, 0.717) is 33.4 Å². The molecule has 11 heteroatoms. The van der Waals surface area contributed by atoms with Gasteiger partial charge in [-0.05, 0) is 25.1 Å². The summed E-state index contributed by atoms with van der Waals surface area (Å²) in [6.45, 7) is 6.15. The van der Waals surface area contributed by atoms with Gasteiger partial charge >= 0.3 is 0 Å². The summed E-state index contributed by atoms with van der Waals surface area (Å²) in [4.78, 5) is 12.1. The van der Waals surface area contributed by atoms with E-state index in [1.54, 1.807) is 23.7 Å². The fourth-order valence-electron chi connectivity index (χ4n) is 2.32. The number of hydrogen-bond donors (Lipinski definition) is 1. The van der Waals surface area contributed by atoms with Gasteiger partial charge < -0.3 is 4.74 Å². The molecule has 1 amide bonds. The van der Waals surface area contributed by atoms with Crippen molar-refractivity contribution < 1.29 is 9.53 Å². The molecule has 2 aromatic heterocycles. The maximum absolute atomic E-state index is 12.1. The molecule has 3 rings (SSSR count). The number of thioether (sulfide) groups is 1. The highest BCUT2D eigenvalue weighted by molar-refractivity contribution is 7.99. The highest BCUT2D eigenvalue weighted by Gasteiger charge is 2.20. The summed E-state index contributed by atoms with van der Waals surface area (Å²) < 4.78 is 7.80. The Hall–Kier alpha value is -2.43. The fraction of sp³-hybridized carbons (Fsp3) is 0.235. The van der Waals surface area contributed by atoms with Crippen molar-refractivity contribution in [2.45, 2.75) is 24.7 Å². The second-order valence-corrected chi connectivity index (χ2v) is 7.75. The summed E-state index contributed by atoms with van der Waals surface area (Å²) >= 11 is 8.54. The van der Waals surface area contributed by atoms with Crippen molar-refractivity contribution in [3.63, 3.8) is 0 Å². The lowest BCUT2D eigenvalue weighted by Crippen LogP contribution is -2.15. The van der Waals surface area contributed by atoms with Crippen LogP contribution >= 0.6 is 34.7 Å². The normalized spacial score (nSPS) is 11.8. The second-order valence-electron chi connectivity index (χ2n) is 5.54. The first-order chi connectivity index (χ1) is 13.6. The Bertz CT molecular complexity index is 947. The lowest BCUT2D eigenvalue weighted by atomic mass is 10.3. The van der Waals surface area contributed by atoms with Gasteiger partial charge in [-0.15, -0.1) is 27.0 Å². The lowest BCUT2D eigenvalue weighted by Gasteiger charge is -2.15. The molecule has 8 nitrogen and oxygen atoms in total. The zero-order chi connectivity index (χ0) is 19.9. The molecule has 1 unspecified atom stereocenters.